The fourth-order valence-corrected chi connectivity index (χ4v) is 2.79. The molecule has 0 spiro atoms. The van der Waals surface area contributed by atoms with Crippen molar-refractivity contribution in [3.05, 3.63) is 22.8 Å². The number of aromatic nitrogens is 4. The van der Waals surface area contributed by atoms with Crippen molar-refractivity contribution < 1.29 is 18.0 Å². The normalized spacial score (nSPS) is 12.6. The van der Waals surface area contributed by atoms with Crippen LogP contribution in [0.15, 0.2) is 0 Å². The summed E-state index contributed by atoms with van der Waals surface area (Å²) in [4.78, 5) is 19.7. The first-order valence-corrected chi connectivity index (χ1v) is 8.86. The highest BCUT2D eigenvalue weighted by molar-refractivity contribution is 5.76. The van der Waals surface area contributed by atoms with Crippen LogP contribution in [0.3, 0.4) is 0 Å². The Hall–Kier alpha value is -2.23. The van der Waals surface area contributed by atoms with Crippen LogP contribution >= 0.6 is 0 Å². The van der Waals surface area contributed by atoms with E-state index in [1.165, 1.54) is 0 Å². The molecule has 0 aliphatic rings. The van der Waals surface area contributed by atoms with E-state index in [-0.39, 0.29) is 18.1 Å². The lowest BCUT2D eigenvalue weighted by atomic mass is 9.94. The Balaban J connectivity index is 2.13. The van der Waals surface area contributed by atoms with E-state index in [0.29, 0.717) is 29.9 Å². The SMILES string of the molecule is CCC(N)(CC)CNC(=O)CCc1c(C)nc2nc(C(F)(F)F)nn2c1C. The van der Waals surface area contributed by atoms with Crippen LogP contribution in [-0.4, -0.2) is 37.6 Å². The third kappa shape index (κ3) is 4.74. The summed E-state index contributed by atoms with van der Waals surface area (Å²) in [6.45, 7) is 7.64. The fraction of sp³-hybridized carbons (Fsp3) is 0.647. The zero-order valence-corrected chi connectivity index (χ0v) is 15.9. The molecule has 10 heteroatoms. The maximum Gasteiger partial charge on any atom is 0.453 e. The van der Waals surface area contributed by atoms with Crippen LogP contribution < -0.4 is 11.1 Å². The van der Waals surface area contributed by atoms with E-state index in [4.69, 9.17) is 5.73 Å². The summed E-state index contributed by atoms with van der Waals surface area (Å²) in [5.41, 5.74) is 7.43. The van der Waals surface area contributed by atoms with Crippen LogP contribution in [-0.2, 0) is 17.4 Å². The van der Waals surface area contributed by atoms with Gasteiger partial charge in [0.25, 0.3) is 11.6 Å². The van der Waals surface area contributed by atoms with Crippen molar-refractivity contribution in [2.24, 2.45) is 5.73 Å². The third-order valence-corrected chi connectivity index (χ3v) is 4.95. The van der Waals surface area contributed by atoms with Gasteiger partial charge in [0.05, 0.1) is 0 Å². The van der Waals surface area contributed by atoms with E-state index in [0.717, 1.165) is 17.4 Å². The van der Waals surface area contributed by atoms with Gasteiger partial charge in [0.1, 0.15) is 0 Å². The number of carbonyl (C=O) groups is 1. The van der Waals surface area contributed by atoms with Crippen LogP contribution in [0.25, 0.3) is 5.78 Å². The van der Waals surface area contributed by atoms with Crippen molar-refractivity contribution in [2.75, 3.05) is 6.54 Å². The first kappa shape index (κ1) is 21.1. The topological polar surface area (TPSA) is 98.2 Å². The summed E-state index contributed by atoms with van der Waals surface area (Å²) in [7, 11) is 0. The molecule has 0 fully saturated rings. The molecule has 0 aliphatic heterocycles. The van der Waals surface area contributed by atoms with E-state index < -0.39 is 17.5 Å². The number of nitrogens with two attached hydrogens (primary N) is 1. The first-order valence-electron chi connectivity index (χ1n) is 8.86. The average molecular weight is 386 g/mol. The number of aryl methyl sites for hydroxylation is 2. The Labute approximate surface area is 155 Å². The second-order valence-electron chi connectivity index (χ2n) is 6.75. The smallest absolute Gasteiger partial charge is 0.354 e. The van der Waals surface area contributed by atoms with Gasteiger partial charge in [-0.15, -0.1) is 5.10 Å². The van der Waals surface area contributed by atoms with Gasteiger partial charge < -0.3 is 11.1 Å². The molecule has 2 rings (SSSR count). The predicted octanol–water partition coefficient (Wildman–Crippen LogP) is 2.33. The summed E-state index contributed by atoms with van der Waals surface area (Å²) in [6, 6.07) is 0. The van der Waals surface area contributed by atoms with E-state index >= 15 is 0 Å². The Morgan fingerprint density at radius 1 is 1.19 bits per heavy atom. The lowest BCUT2D eigenvalue weighted by Crippen LogP contribution is -2.49. The molecule has 2 aromatic rings. The highest BCUT2D eigenvalue weighted by Crippen LogP contribution is 2.27. The van der Waals surface area contributed by atoms with Gasteiger partial charge in [-0.2, -0.15) is 18.2 Å². The fourth-order valence-electron chi connectivity index (χ4n) is 2.79. The number of fused-ring (bicyclic) bond motifs is 1. The molecule has 3 N–H and O–H groups in total. The van der Waals surface area contributed by atoms with Crippen molar-refractivity contribution in [3.8, 4) is 0 Å². The molecule has 0 saturated heterocycles. The Kier molecular flexibility index (Phi) is 6.08. The molecule has 27 heavy (non-hydrogen) atoms. The van der Waals surface area contributed by atoms with E-state index in [2.05, 4.69) is 20.4 Å². The number of hydrogen-bond acceptors (Lipinski definition) is 5. The summed E-state index contributed by atoms with van der Waals surface area (Å²) in [6.07, 6.45) is -2.63. The Morgan fingerprint density at radius 3 is 2.37 bits per heavy atom. The zero-order valence-electron chi connectivity index (χ0n) is 15.9. The number of carbonyl (C=O) groups excluding carboxylic acids is 1. The van der Waals surface area contributed by atoms with Crippen molar-refractivity contribution in [3.63, 3.8) is 0 Å². The summed E-state index contributed by atoms with van der Waals surface area (Å²) in [5.74, 6) is -1.50. The first-order chi connectivity index (χ1) is 12.5. The van der Waals surface area contributed by atoms with Gasteiger partial charge in [0, 0.05) is 29.9 Å². The zero-order chi connectivity index (χ0) is 20.4. The number of halogens is 3. The van der Waals surface area contributed by atoms with Gasteiger partial charge in [-0.25, -0.2) is 9.50 Å². The van der Waals surface area contributed by atoms with E-state index in [9.17, 15) is 18.0 Å². The minimum Gasteiger partial charge on any atom is -0.354 e. The monoisotopic (exact) mass is 386 g/mol. The summed E-state index contributed by atoms with van der Waals surface area (Å²) < 4.78 is 39.5. The molecule has 0 aromatic carbocycles. The minimum absolute atomic E-state index is 0.107. The summed E-state index contributed by atoms with van der Waals surface area (Å²) in [5, 5.41) is 6.33. The van der Waals surface area contributed by atoms with Crippen LogP contribution in [0.2, 0.25) is 0 Å². The van der Waals surface area contributed by atoms with E-state index in [1.807, 2.05) is 13.8 Å². The molecule has 0 unspecified atom stereocenters. The molecule has 1 amide bonds. The summed E-state index contributed by atoms with van der Waals surface area (Å²) >= 11 is 0. The van der Waals surface area contributed by atoms with Crippen molar-refractivity contribution >= 4 is 11.7 Å². The standard InChI is InChI=1S/C17H25F3N6O/c1-5-16(21,6-2)9-22-13(27)8-7-12-10(3)23-15-24-14(17(18,19)20)25-26(15)11(12)4/h5-9,21H2,1-4H3,(H,22,27). The highest BCUT2D eigenvalue weighted by atomic mass is 19.4. The maximum absolute atomic E-state index is 12.8. The Bertz CT molecular complexity index is 826. The number of alkyl halides is 3. The maximum atomic E-state index is 12.8. The molecule has 0 bridgehead atoms. The van der Waals surface area contributed by atoms with E-state index in [1.54, 1.807) is 13.8 Å². The molecule has 2 heterocycles. The van der Waals surface area contributed by atoms with Crippen LogP contribution in [0.1, 0.15) is 55.9 Å². The second kappa shape index (κ2) is 7.79. The molecule has 0 aliphatic carbocycles. The van der Waals surface area contributed by atoms with Crippen LogP contribution in [0.5, 0.6) is 0 Å². The molecular formula is C17H25F3N6O. The molecule has 0 saturated carbocycles. The van der Waals surface area contributed by atoms with Crippen molar-refractivity contribution in [1.29, 1.82) is 0 Å². The lowest BCUT2D eigenvalue weighted by molar-refractivity contribution is -0.144. The van der Waals surface area contributed by atoms with Gasteiger partial charge in [-0.05, 0) is 38.7 Å². The minimum atomic E-state index is -4.64. The number of amides is 1. The molecule has 0 radical (unpaired) electrons. The number of hydrogen-bond donors (Lipinski definition) is 2. The van der Waals surface area contributed by atoms with Crippen LogP contribution in [0, 0.1) is 13.8 Å². The molecule has 2 aromatic heterocycles. The average Bonchev–Trinajstić information content (AvgIpc) is 3.04. The second-order valence-corrected chi connectivity index (χ2v) is 6.75. The van der Waals surface area contributed by atoms with Crippen molar-refractivity contribution in [1.82, 2.24) is 24.9 Å². The van der Waals surface area contributed by atoms with Gasteiger partial charge in [0.15, 0.2) is 0 Å². The molecule has 150 valence electrons. The predicted molar refractivity (Wildman–Crippen MR) is 94.1 cm³/mol. The number of nitrogens with one attached hydrogen (secondary N) is 1. The van der Waals surface area contributed by atoms with Gasteiger partial charge in [-0.1, -0.05) is 13.8 Å². The lowest BCUT2D eigenvalue weighted by Gasteiger charge is -2.26. The third-order valence-electron chi connectivity index (χ3n) is 4.95. The van der Waals surface area contributed by atoms with Gasteiger partial charge in [-0.3, -0.25) is 4.79 Å². The highest BCUT2D eigenvalue weighted by Gasteiger charge is 2.37. The number of rotatable bonds is 7. The molecule has 0 atom stereocenters. The number of nitrogens with zero attached hydrogens (tertiary/aromatic N) is 4. The van der Waals surface area contributed by atoms with Crippen molar-refractivity contribution in [2.45, 2.75) is 65.1 Å². The molecule has 7 nitrogen and oxygen atoms in total. The molecular weight excluding hydrogens is 361 g/mol. The quantitative estimate of drug-likeness (QED) is 0.761. The van der Waals surface area contributed by atoms with Gasteiger partial charge in [0.2, 0.25) is 5.91 Å². The largest absolute Gasteiger partial charge is 0.453 e. The van der Waals surface area contributed by atoms with Crippen LogP contribution in [0.4, 0.5) is 13.2 Å². The van der Waals surface area contributed by atoms with Gasteiger partial charge >= 0.3 is 6.18 Å². The Morgan fingerprint density at radius 2 is 1.81 bits per heavy atom.